The maximum atomic E-state index is 8.25. The Morgan fingerprint density at radius 2 is 0.625 bits per heavy atom. The molecule has 0 aliphatic heterocycles. The van der Waals surface area contributed by atoms with Crippen molar-refractivity contribution in [3.8, 4) is 11.1 Å². The summed E-state index contributed by atoms with van der Waals surface area (Å²) in [5.74, 6) is 0. The van der Waals surface area contributed by atoms with Crippen LogP contribution in [0.2, 0.25) is 0 Å². The predicted octanol–water partition coefficient (Wildman–Crippen LogP) is -0.597. The molecule has 0 bridgehead atoms. The molecule has 0 atom stereocenters. The Morgan fingerprint density at radius 1 is 0.479 bits per heavy atom. The zero-order valence-electron chi connectivity index (χ0n) is 26.5. The molecule has 48 heavy (non-hydrogen) atoms. The van der Waals surface area contributed by atoms with E-state index in [1.165, 1.54) is 11.1 Å². The van der Waals surface area contributed by atoms with E-state index in [-0.39, 0.29) is 40.8 Å². The van der Waals surface area contributed by atoms with Gasteiger partial charge in [-0.2, -0.15) is 0 Å². The van der Waals surface area contributed by atoms with Gasteiger partial charge in [0.15, 0.2) is 0 Å². The molecule has 0 spiro atoms. The summed E-state index contributed by atoms with van der Waals surface area (Å²) in [4.78, 5) is 41.8. The number of nitrogens with one attached hydrogen (secondary N) is 2. The van der Waals surface area contributed by atoms with Gasteiger partial charge in [0.2, 0.25) is 0 Å². The summed E-state index contributed by atoms with van der Waals surface area (Å²) in [6.07, 6.45) is 0. The van der Waals surface area contributed by atoms with E-state index in [4.69, 9.17) is 84.2 Å². The van der Waals surface area contributed by atoms with Crippen LogP contribution in [-0.2, 0) is 40.8 Å². The number of rotatable bonds is 9. The first kappa shape index (κ1) is 59.6. The van der Waals surface area contributed by atoms with Gasteiger partial charge >= 0.3 is 40.8 Å². The summed E-state index contributed by atoms with van der Waals surface area (Å²) in [7, 11) is 0. The summed E-state index contributed by atoms with van der Waals surface area (Å²) in [6, 6.07) is 8.45. The number of hydrogen-bond acceptors (Lipinski definition) is 20. The summed E-state index contributed by atoms with van der Waals surface area (Å²) >= 11 is 0. The van der Waals surface area contributed by atoms with Gasteiger partial charge in [-0.1, -0.05) is 0 Å². The molecule has 0 radical (unpaired) electrons. The SMILES string of the molecule is Cc1cc(-c2cc(C)nc(C)c2)cc(C)n1.NCCNCCN.NCCNCCN.O=[N+]([O-])[O-].O=[N+]([O-])[O-].O=[N+]([O-])[O-].O=[N+]([O-])[O-].[Pd+2].[Pd+2]. The normalized spacial score (nSPS) is 8.25. The minimum atomic E-state index is -1.75. The van der Waals surface area contributed by atoms with Crippen LogP contribution in [0.15, 0.2) is 24.3 Å². The van der Waals surface area contributed by atoms with Gasteiger partial charge in [0.05, 0.1) is 20.3 Å². The second kappa shape index (κ2) is 43.2. The fourth-order valence-corrected chi connectivity index (χ4v) is 2.66. The molecule has 0 saturated heterocycles. The molecule has 2 aromatic rings. The van der Waals surface area contributed by atoms with E-state index in [0.29, 0.717) is 26.2 Å². The summed E-state index contributed by atoms with van der Waals surface area (Å²) in [5, 5.41) is 65.1. The molecule has 10 N–H and O–H groups in total. The van der Waals surface area contributed by atoms with Crippen LogP contribution in [0.1, 0.15) is 22.8 Å². The molecule has 0 aromatic carbocycles. The number of nitrogens with two attached hydrogens (primary N) is 4. The number of pyridine rings is 2. The average molecular weight is 879 g/mol. The van der Waals surface area contributed by atoms with Crippen LogP contribution in [-0.4, -0.2) is 82.7 Å². The van der Waals surface area contributed by atoms with Gasteiger partial charge in [-0.3, -0.25) is 9.97 Å². The third kappa shape index (κ3) is 69.1. The number of aryl methyl sites for hydroxylation is 4. The Morgan fingerprint density at radius 3 is 0.750 bits per heavy atom. The minimum Gasteiger partial charge on any atom is -0.356 e. The van der Waals surface area contributed by atoms with E-state index in [1.54, 1.807) is 0 Å². The van der Waals surface area contributed by atoms with Crippen molar-refractivity contribution in [1.82, 2.24) is 20.6 Å². The van der Waals surface area contributed by atoms with Crippen molar-refractivity contribution in [1.29, 1.82) is 0 Å². The fraction of sp³-hybridized carbons (Fsp3) is 0.545. The molecule has 24 nitrogen and oxygen atoms in total. The van der Waals surface area contributed by atoms with Crippen molar-refractivity contribution >= 4 is 0 Å². The smallest absolute Gasteiger partial charge is 0.356 e. The third-order valence-corrected chi connectivity index (χ3v) is 3.78. The molecule has 0 aliphatic rings. The molecular formula is C22H42N12O12Pd2. The maximum Gasteiger partial charge on any atom is 2.00 e. The second-order valence-electron chi connectivity index (χ2n) is 7.83. The van der Waals surface area contributed by atoms with Gasteiger partial charge in [0, 0.05) is 75.1 Å². The van der Waals surface area contributed by atoms with Crippen molar-refractivity contribution in [2.24, 2.45) is 22.9 Å². The van der Waals surface area contributed by atoms with Gasteiger partial charge in [-0.25, -0.2) is 0 Å². The van der Waals surface area contributed by atoms with Crippen LogP contribution >= 0.6 is 0 Å². The van der Waals surface area contributed by atoms with E-state index < -0.39 is 20.3 Å². The van der Waals surface area contributed by atoms with E-state index >= 15 is 0 Å². The Hall–Kier alpha value is -3.82. The first-order valence-corrected chi connectivity index (χ1v) is 12.7. The second-order valence-corrected chi connectivity index (χ2v) is 7.83. The third-order valence-electron chi connectivity index (χ3n) is 3.78. The summed E-state index contributed by atoms with van der Waals surface area (Å²) in [5.41, 5.74) is 27.3. The Bertz CT molecular complexity index is 924. The van der Waals surface area contributed by atoms with Gasteiger partial charge in [-0.05, 0) is 63.1 Å². The van der Waals surface area contributed by atoms with Crippen molar-refractivity contribution in [2.75, 3.05) is 52.4 Å². The Kier molecular flexibility index (Phi) is 53.6. The molecule has 0 aliphatic carbocycles. The van der Waals surface area contributed by atoms with Gasteiger partial charge in [-0.15, -0.1) is 0 Å². The predicted molar refractivity (Wildman–Crippen MR) is 170 cm³/mol. The van der Waals surface area contributed by atoms with Crippen molar-refractivity contribution < 1.29 is 61.2 Å². The Labute approximate surface area is 303 Å². The van der Waals surface area contributed by atoms with E-state index in [1.807, 2.05) is 27.7 Å². The van der Waals surface area contributed by atoms with Gasteiger partial charge < -0.3 is 94.9 Å². The molecule has 0 unspecified atom stereocenters. The van der Waals surface area contributed by atoms with Crippen LogP contribution in [0, 0.1) is 89.0 Å². The molecule has 26 heteroatoms. The molecule has 0 amide bonds. The topological polar surface area (TPSA) is 419 Å². The molecule has 2 aromatic heterocycles. The van der Waals surface area contributed by atoms with Crippen LogP contribution in [0.4, 0.5) is 0 Å². The molecule has 2 heterocycles. The first-order chi connectivity index (χ1) is 21.3. The summed E-state index contributed by atoms with van der Waals surface area (Å²) in [6.45, 7) is 14.4. The quantitative estimate of drug-likeness (QED) is 0.0792. The monoisotopic (exact) mass is 878 g/mol. The molecule has 282 valence electrons. The maximum absolute atomic E-state index is 8.25. The Balaban J connectivity index is -0.0000000899. The zero-order chi connectivity index (χ0) is 37.1. The minimum absolute atomic E-state index is 0. The number of nitrogens with zero attached hydrogens (tertiary/aromatic N) is 6. The van der Waals surface area contributed by atoms with Crippen LogP contribution in [0.25, 0.3) is 11.1 Å². The van der Waals surface area contributed by atoms with Crippen molar-refractivity contribution in [2.45, 2.75) is 27.7 Å². The number of hydrogen-bond donors (Lipinski definition) is 6. The molecular weight excluding hydrogens is 837 g/mol. The standard InChI is InChI=1S/C14H16N2.2C4H13N3.4NO3.2Pd/c1-9-5-13(6-10(2)15-9)14-7-11(3)16-12(4)8-14;2*5-1-3-7-4-2-6;4*2-1(3)4;;/h5-8H,1-4H3;2*7H,1-6H2;;;;;;/q;;;4*-1;2*+2. The summed E-state index contributed by atoms with van der Waals surface area (Å²) < 4.78 is 0. The molecule has 0 fully saturated rings. The van der Waals surface area contributed by atoms with E-state index in [0.717, 1.165) is 49.0 Å². The van der Waals surface area contributed by atoms with Gasteiger partial charge in [0.25, 0.3) is 0 Å². The van der Waals surface area contributed by atoms with Crippen LogP contribution in [0.5, 0.6) is 0 Å². The molecule has 2 rings (SSSR count). The first-order valence-electron chi connectivity index (χ1n) is 12.7. The van der Waals surface area contributed by atoms with Gasteiger partial charge in [0.1, 0.15) is 0 Å². The largest absolute Gasteiger partial charge is 2.00 e. The van der Waals surface area contributed by atoms with E-state index in [2.05, 4.69) is 44.9 Å². The van der Waals surface area contributed by atoms with E-state index in [9.17, 15) is 0 Å². The zero-order valence-corrected chi connectivity index (χ0v) is 29.6. The van der Waals surface area contributed by atoms with Crippen molar-refractivity contribution in [3.05, 3.63) is 108 Å². The van der Waals surface area contributed by atoms with Crippen molar-refractivity contribution in [3.63, 3.8) is 0 Å². The number of aromatic nitrogens is 2. The molecule has 0 saturated carbocycles. The average Bonchev–Trinajstić information content (AvgIpc) is 2.88. The fourth-order valence-electron chi connectivity index (χ4n) is 2.66. The van der Waals surface area contributed by atoms with Crippen LogP contribution in [0.3, 0.4) is 0 Å². The van der Waals surface area contributed by atoms with Crippen LogP contribution < -0.4 is 33.6 Å².